The molecule has 43 nitrogen and oxygen atoms in total. The number of rotatable bonds is 50. The lowest BCUT2D eigenvalue weighted by atomic mass is 9.96. The first-order valence-corrected chi connectivity index (χ1v) is 36.8. The third-order valence-corrected chi connectivity index (χ3v) is 17.9. The monoisotopic (exact) mass is 1620 g/mol. The first-order valence-electron chi connectivity index (χ1n) is 36.8. The minimum atomic E-state index is -2.07. The Bertz CT molecular complexity index is 4040. The van der Waals surface area contributed by atoms with E-state index in [0.29, 0.717) is 12.0 Å². The van der Waals surface area contributed by atoms with E-state index in [9.17, 15) is 121 Å². The number of ether oxygens (including phenoxy) is 1. The number of nitrogens with two attached hydrogens (primary N) is 3. The number of anilines is 1. The third-order valence-electron chi connectivity index (χ3n) is 17.9. The number of Topliss-reactive ketones (excluding diaryl/α,β-unsaturated/α-hetero) is 1. The maximum atomic E-state index is 14.2. The number of esters is 1. The van der Waals surface area contributed by atoms with E-state index >= 15 is 0 Å². The number of aromatic nitrogens is 1. The van der Waals surface area contributed by atoms with Gasteiger partial charge in [-0.25, -0.2) is 4.79 Å². The standard InChI is InChI=1S/C72H101N17O26/c1-5-6-7-8-9-10-11-22-53(93)81-44(25-38-31-76-42-20-15-13-17-39(38)42)66(107)84-45(27-52(75)92)67(108)86-48-30-59(102)115-37(4)61(89-68(48)109)70(111)78-33-54(94)80-43(21-16-23-73)64(105)85-47(29-58(100)101)65(106)79-36(3)62(103)83-46(28-57(98)99)63(104)77-32-55(95)82-50(34-90)69(110)88-60(35(2)24-56(96)97)71(112)87-49(72(113)114)26-51(91)40-18-12-14-19-41(40)74/h12-15,17-20,31,35-37,43-50,60-61,76,90H,5-11,16,21-30,32-34,73-74H2,1-4H3,(H2,75,92)(H,77,104)(H,78,111)(H,79,106)(H,80,94)(H,81,93)(H,82,95)(H,83,103)(H,84,107)(H,85,105)(H,86,108)(H,87,112)(H,88,110)(H,89,109)(H,96,97)(H,98,99)(H,100,101)(H,113,114)/t35?,36-,37-,43+,44+,45-,46+,47+,48+,49+,50-,60+,61+/m1/s1. The first-order chi connectivity index (χ1) is 54.4. The van der Waals surface area contributed by atoms with E-state index in [-0.39, 0.29) is 43.5 Å². The number of hydrogen-bond acceptors (Lipinski definition) is 24. The van der Waals surface area contributed by atoms with E-state index in [1.165, 1.54) is 38.1 Å². The number of H-pyrrole nitrogens is 1. The number of fused-ring (bicyclic) bond motifs is 1. The Kier molecular flexibility index (Phi) is 39.2. The molecule has 43 heteroatoms. The van der Waals surface area contributed by atoms with Gasteiger partial charge in [0, 0.05) is 47.6 Å². The van der Waals surface area contributed by atoms with Gasteiger partial charge in [-0.3, -0.25) is 91.1 Å². The lowest BCUT2D eigenvalue weighted by Gasteiger charge is -2.30. The highest BCUT2D eigenvalue weighted by Gasteiger charge is 2.41. The lowest BCUT2D eigenvalue weighted by Crippen LogP contribution is -2.62. The molecule has 3 aromatic rings. The van der Waals surface area contributed by atoms with Crippen LogP contribution in [0.2, 0.25) is 0 Å². The number of aliphatic hydroxyl groups excluding tert-OH is 1. The van der Waals surface area contributed by atoms with Crippen LogP contribution in [0.4, 0.5) is 5.69 Å². The van der Waals surface area contributed by atoms with E-state index in [0.717, 1.165) is 56.4 Å². The molecule has 1 saturated heterocycles. The van der Waals surface area contributed by atoms with Crippen molar-refractivity contribution in [2.24, 2.45) is 17.4 Å². The molecule has 14 amide bonds. The van der Waals surface area contributed by atoms with Crippen LogP contribution in [0.1, 0.15) is 146 Å². The molecule has 2 aromatic carbocycles. The van der Waals surface area contributed by atoms with Crippen molar-refractivity contribution >= 4 is 135 Å². The normalized spacial score (nSPS) is 16.5. The van der Waals surface area contributed by atoms with Gasteiger partial charge in [0.2, 0.25) is 82.7 Å². The predicted octanol–water partition coefficient (Wildman–Crippen LogP) is -5.62. The first kappa shape index (κ1) is 94.7. The lowest BCUT2D eigenvalue weighted by molar-refractivity contribution is -0.157. The van der Waals surface area contributed by atoms with Crippen LogP contribution in [0.5, 0.6) is 0 Å². The van der Waals surface area contributed by atoms with Gasteiger partial charge < -0.3 is 122 Å². The molecule has 4 rings (SSSR count). The molecule has 1 fully saturated rings. The number of ketones is 1. The van der Waals surface area contributed by atoms with Gasteiger partial charge in [-0.15, -0.1) is 0 Å². The molecule has 1 aromatic heterocycles. The summed E-state index contributed by atoms with van der Waals surface area (Å²) in [6.07, 6.45) is 0.541. The average Bonchev–Trinajstić information content (AvgIpc) is 1.79. The maximum absolute atomic E-state index is 14.2. The number of para-hydroxylation sites is 2. The molecular formula is C72H101N17O26. The highest BCUT2D eigenvalue weighted by Crippen LogP contribution is 2.21. The number of amides is 14. The van der Waals surface area contributed by atoms with Crippen LogP contribution in [0.3, 0.4) is 0 Å². The van der Waals surface area contributed by atoms with Gasteiger partial charge in [-0.05, 0) is 69.3 Å². The Hall–Kier alpha value is -12.7. The molecule has 630 valence electrons. The van der Waals surface area contributed by atoms with Gasteiger partial charge in [0.15, 0.2) is 5.78 Å². The number of aliphatic carboxylic acids is 4. The Labute approximate surface area is 657 Å². The summed E-state index contributed by atoms with van der Waals surface area (Å²) in [4.78, 5) is 266. The van der Waals surface area contributed by atoms with Crippen molar-refractivity contribution in [3.05, 3.63) is 65.9 Å². The number of carboxylic acid groups (broad SMARTS) is 4. The minimum Gasteiger partial charge on any atom is -0.481 e. The number of nitrogens with one attached hydrogen (secondary N) is 14. The number of nitrogen functional groups attached to an aromatic ring is 1. The molecule has 2 heterocycles. The molecule has 0 spiro atoms. The highest BCUT2D eigenvalue weighted by molar-refractivity contribution is 6.05. The molecule has 0 bridgehead atoms. The Morgan fingerprint density at radius 3 is 1.70 bits per heavy atom. The molecular weight excluding hydrogens is 1520 g/mol. The molecule has 25 N–H and O–H groups in total. The Morgan fingerprint density at radius 1 is 0.557 bits per heavy atom. The van der Waals surface area contributed by atoms with Crippen molar-refractivity contribution in [3.8, 4) is 0 Å². The predicted molar refractivity (Wildman–Crippen MR) is 400 cm³/mol. The average molecular weight is 1620 g/mol. The van der Waals surface area contributed by atoms with Crippen LogP contribution >= 0.6 is 0 Å². The van der Waals surface area contributed by atoms with Gasteiger partial charge in [0.05, 0.1) is 51.8 Å². The van der Waals surface area contributed by atoms with Gasteiger partial charge in [-0.2, -0.15) is 0 Å². The second-order valence-electron chi connectivity index (χ2n) is 27.2. The van der Waals surface area contributed by atoms with Crippen LogP contribution in [-0.4, -0.2) is 248 Å². The van der Waals surface area contributed by atoms with Crippen molar-refractivity contribution in [1.82, 2.24) is 74.1 Å². The maximum Gasteiger partial charge on any atom is 0.326 e. The van der Waals surface area contributed by atoms with Crippen LogP contribution in [-0.2, 0) is 102 Å². The van der Waals surface area contributed by atoms with E-state index in [1.807, 2.05) is 16.0 Å². The van der Waals surface area contributed by atoms with Gasteiger partial charge in [-0.1, -0.05) is 82.7 Å². The number of unbranched alkanes of at least 4 members (excludes halogenated alkanes) is 6. The van der Waals surface area contributed by atoms with E-state index in [4.69, 9.17) is 21.9 Å². The second kappa shape index (κ2) is 47.6. The molecule has 115 heavy (non-hydrogen) atoms. The largest absolute Gasteiger partial charge is 0.481 e. The zero-order chi connectivity index (χ0) is 85.8. The zero-order valence-corrected chi connectivity index (χ0v) is 63.6. The van der Waals surface area contributed by atoms with Crippen molar-refractivity contribution in [3.63, 3.8) is 0 Å². The van der Waals surface area contributed by atoms with Crippen LogP contribution in [0.15, 0.2) is 54.7 Å². The summed E-state index contributed by atoms with van der Waals surface area (Å²) in [5.74, 6) is -26.3. The summed E-state index contributed by atoms with van der Waals surface area (Å²) in [6, 6.07) is -7.44. The smallest absolute Gasteiger partial charge is 0.326 e. The molecule has 0 aliphatic carbocycles. The summed E-state index contributed by atoms with van der Waals surface area (Å²) in [5.41, 5.74) is 18.3. The number of primary amides is 1. The van der Waals surface area contributed by atoms with Gasteiger partial charge in [0.1, 0.15) is 72.6 Å². The quantitative estimate of drug-likeness (QED) is 0.0108. The van der Waals surface area contributed by atoms with Gasteiger partial charge in [0.25, 0.3) is 0 Å². The van der Waals surface area contributed by atoms with Gasteiger partial charge >= 0.3 is 29.8 Å². The van der Waals surface area contributed by atoms with Crippen molar-refractivity contribution in [2.75, 3.05) is 32.0 Å². The molecule has 13 atom stereocenters. The number of aliphatic hydroxyl groups is 1. The molecule has 1 aliphatic heterocycles. The fraction of sp³-hybridized carbons (Fsp3) is 0.528. The molecule has 1 unspecified atom stereocenters. The number of cyclic esters (lactones) is 1. The Balaban J connectivity index is 1.37. The zero-order valence-electron chi connectivity index (χ0n) is 63.6. The number of aromatic amines is 1. The summed E-state index contributed by atoms with van der Waals surface area (Å²) in [5, 5.41) is 78.2. The fourth-order valence-electron chi connectivity index (χ4n) is 11.7. The van der Waals surface area contributed by atoms with Crippen LogP contribution in [0, 0.1) is 5.92 Å². The minimum absolute atomic E-state index is 0.0120. The summed E-state index contributed by atoms with van der Waals surface area (Å²) in [6.45, 7) is 1.98. The van der Waals surface area contributed by atoms with Crippen molar-refractivity contribution in [1.29, 1.82) is 0 Å². The summed E-state index contributed by atoms with van der Waals surface area (Å²) in [7, 11) is 0. The van der Waals surface area contributed by atoms with Crippen LogP contribution in [0.25, 0.3) is 10.9 Å². The number of benzene rings is 2. The molecule has 1 aliphatic rings. The fourth-order valence-corrected chi connectivity index (χ4v) is 11.7. The molecule has 0 radical (unpaired) electrons. The topological polar surface area (TPSA) is 702 Å². The second-order valence-corrected chi connectivity index (χ2v) is 27.2. The van der Waals surface area contributed by atoms with E-state index in [2.05, 4.69) is 65.1 Å². The summed E-state index contributed by atoms with van der Waals surface area (Å²) >= 11 is 0. The van der Waals surface area contributed by atoms with E-state index in [1.54, 1.807) is 30.5 Å². The highest BCUT2D eigenvalue weighted by atomic mass is 16.5. The summed E-state index contributed by atoms with van der Waals surface area (Å²) < 4.78 is 5.36. The Morgan fingerprint density at radius 2 is 1.10 bits per heavy atom. The number of hydrogen-bond donors (Lipinski definition) is 22. The van der Waals surface area contributed by atoms with Crippen molar-refractivity contribution < 1.29 is 126 Å². The molecule has 0 saturated carbocycles. The van der Waals surface area contributed by atoms with E-state index < -0.39 is 255 Å². The number of carbonyl (C=O) groups excluding carboxylic acids is 16. The number of carbonyl (C=O) groups is 20. The van der Waals surface area contributed by atoms with Crippen molar-refractivity contribution in [2.45, 2.75) is 209 Å². The number of carboxylic acids is 4. The third kappa shape index (κ3) is 32.5. The SMILES string of the molecule is CCCCCCCCCC(=O)N[C@@H](Cc1c[nH]c2ccccc12)C(=O)N[C@H](CC(N)=O)C(=O)N[C@H]1CC(=O)O[C@H](C)[C@@H](C(=O)NCC(=O)N[C@@H](CCCN)C(=O)N[C@@H](CC(=O)O)C(=O)N[C@H](C)C(=O)N[C@@H](CC(=O)O)C(=O)NCC(=O)N[C@H](CO)C(=O)N[C@H](C(=O)N[C@@H](CC(=O)c2ccccc2N)C(=O)O)C(C)CC(=O)O)NC1=O. The van der Waals surface area contributed by atoms with Crippen LogP contribution < -0.4 is 86.3 Å².